The number of rotatable bonds is 9. The Morgan fingerprint density at radius 3 is 2.26 bits per heavy atom. The van der Waals surface area contributed by atoms with Crippen LogP contribution in [-0.4, -0.2) is 38.0 Å². The van der Waals surface area contributed by atoms with Crippen molar-refractivity contribution in [1.82, 2.24) is 10.2 Å². The van der Waals surface area contributed by atoms with Crippen LogP contribution in [0.2, 0.25) is 18.1 Å². The minimum atomic E-state index is -4.73. The summed E-state index contributed by atoms with van der Waals surface area (Å²) in [7, 11) is -6.03. The Labute approximate surface area is 226 Å². The molecule has 1 heterocycles. The molecule has 0 saturated heterocycles. The topological polar surface area (TPSA) is 129 Å². The number of halogens is 3. The van der Waals surface area contributed by atoms with Crippen molar-refractivity contribution in [2.24, 2.45) is 5.92 Å². The van der Waals surface area contributed by atoms with E-state index in [4.69, 9.17) is 9.68 Å². The molecule has 0 saturated carbocycles. The van der Waals surface area contributed by atoms with Crippen LogP contribution in [0, 0.1) is 17.2 Å². The first-order chi connectivity index (χ1) is 17.8. The summed E-state index contributed by atoms with van der Waals surface area (Å²) in [4.78, 5) is 10.9. The molecule has 0 aliphatic rings. The maximum atomic E-state index is 13.6. The Morgan fingerprint density at radius 2 is 1.74 bits per heavy atom. The van der Waals surface area contributed by atoms with E-state index in [0.29, 0.717) is 12.0 Å². The van der Waals surface area contributed by atoms with Crippen LogP contribution in [-0.2, 0) is 16.0 Å². The lowest BCUT2D eigenvalue weighted by molar-refractivity contribution is -0.137. The van der Waals surface area contributed by atoms with Crippen LogP contribution in [0.5, 0.6) is 0 Å². The van der Waals surface area contributed by atoms with Crippen molar-refractivity contribution in [2.75, 3.05) is 11.6 Å². The first-order valence-electron chi connectivity index (χ1n) is 12.1. The van der Waals surface area contributed by atoms with Crippen LogP contribution >= 0.6 is 0 Å². The monoisotopic (exact) mass is 580 g/mol. The molecule has 0 aliphatic carbocycles. The number of nitriles is 1. The molecule has 210 valence electrons. The summed E-state index contributed by atoms with van der Waals surface area (Å²) in [6.45, 7) is 9.41. The number of hydrogen-bond donors (Lipinski definition) is 2. The molecule has 0 radical (unpaired) electrons. The lowest BCUT2D eigenvalue weighted by Gasteiger charge is -2.38. The van der Waals surface area contributed by atoms with Crippen LogP contribution < -0.4 is 5.32 Å². The summed E-state index contributed by atoms with van der Waals surface area (Å²) in [6.07, 6.45) is -3.15. The van der Waals surface area contributed by atoms with Gasteiger partial charge in [0.15, 0.2) is 18.2 Å². The SMILES string of the molecule is CC(CC(C)(C)[Si](C)(C)O)C(Nc1ccc(C#N)c(C(F)(F)F)c1)c1nnc(-c2ccc(S(C)(=O)=O)cc2)o1. The predicted octanol–water partition coefficient (Wildman–Crippen LogP) is 6.19. The van der Waals surface area contributed by atoms with Gasteiger partial charge in [0, 0.05) is 17.5 Å². The molecule has 2 unspecified atom stereocenters. The van der Waals surface area contributed by atoms with Gasteiger partial charge in [0.25, 0.3) is 0 Å². The molecule has 0 fully saturated rings. The lowest BCUT2D eigenvalue weighted by Crippen LogP contribution is -2.41. The molecular weight excluding hydrogens is 549 g/mol. The highest BCUT2D eigenvalue weighted by molar-refractivity contribution is 7.90. The number of sulfone groups is 1. The molecule has 13 heteroatoms. The van der Waals surface area contributed by atoms with E-state index in [2.05, 4.69) is 15.5 Å². The third kappa shape index (κ3) is 7.06. The van der Waals surface area contributed by atoms with Crippen LogP contribution in [0.15, 0.2) is 51.8 Å². The molecule has 0 bridgehead atoms. The van der Waals surface area contributed by atoms with Gasteiger partial charge in [-0.2, -0.15) is 18.4 Å². The normalized spacial score (nSPS) is 14.5. The maximum absolute atomic E-state index is 13.6. The Bertz CT molecular complexity index is 1470. The Hall–Kier alpha value is -3.21. The van der Waals surface area contributed by atoms with E-state index >= 15 is 0 Å². The number of hydrogen-bond acceptors (Lipinski definition) is 8. The average Bonchev–Trinajstić information content (AvgIpc) is 3.30. The van der Waals surface area contributed by atoms with Gasteiger partial charge in [0.1, 0.15) is 6.04 Å². The number of nitrogens with one attached hydrogen (secondary N) is 1. The third-order valence-corrected chi connectivity index (χ3v) is 11.7. The van der Waals surface area contributed by atoms with Crippen molar-refractivity contribution in [1.29, 1.82) is 5.26 Å². The zero-order valence-electron chi connectivity index (χ0n) is 22.5. The fourth-order valence-corrected chi connectivity index (χ4v) is 5.54. The van der Waals surface area contributed by atoms with E-state index in [1.54, 1.807) is 6.07 Å². The molecule has 2 atom stereocenters. The average molecular weight is 581 g/mol. The second-order valence-electron chi connectivity index (χ2n) is 10.9. The molecule has 39 heavy (non-hydrogen) atoms. The van der Waals surface area contributed by atoms with Gasteiger partial charge in [-0.25, -0.2) is 8.42 Å². The summed E-state index contributed by atoms with van der Waals surface area (Å²) in [5.74, 6) is -0.0726. The van der Waals surface area contributed by atoms with Gasteiger partial charge in [-0.1, -0.05) is 20.8 Å². The van der Waals surface area contributed by atoms with Gasteiger partial charge in [-0.3, -0.25) is 0 Å². The zero-order valence-corrected chi connectivity index (χ0v) is 24.3. The van der Waals surface area contributed by atoms with Crippen molar-refractivity contribution in [3.8, 4) is 17.5 Å². The summed E-state index contributed by atoms with van der Waals surface area (Å²) in [5, 5.41) is 20.0. The molecule has 0 spiro atoms. The first kappa shape index (κ1) is 30.3. The van der Waals surface area contributed by atoms with Crippen molar-refractivity contribution >= 4 is 23.8 Å². The Kier molecular flexibility index (Phi) is 8.36. The summed E-state index contributed by atoms with van der Waals surface area (Å²) in [6, 6.07) is 10.1. The number of benzene rings is 2. The van der Waals surface area contributed by atoms with E-state index in [0.717, 1.165) is 18.4 Å². The van der Waals surface area contributed by atoms with Crippen molar-refractivity contribution in [2.45, 2.75) is 62.4 Å². The third-order valence-electron chi connectivity index (χ3n) is 7.06. The molecule has 3 aromatic rings. The van der Waals surface area contributed by atoms with E-state index in [1.807, 2.05) is 33.9 Å². The minimum absolute atomic E-state index is 0.105. The summed E-state index contributed by atoms with van der Waals surface area (Å²) in [5.41, 5.74) is -0.990. The van der Waals surface area contributed by atoms with Crippen molar-refractivity contribution in [3.05, 3.63) is 59.5 Å². The highest BCUT2D eigenvalue weighted by atomic mass is 32.2. The standard InChI is InChI=1S/C26H31F3N4O4SSi/c1-16(14-25(2,3)39(5,6)36)22(31-19-10-7-18(15-30)21(13-19)26(27,28)29)24-33-32-23(37-24)17-8-11-20(12-9-17)38(4,34)35/h7-13,16,22,31,36H,14H2,1-6H3. The quantitative estimate of drug-likeness (QED) is 0.287. The molecule has 1 aromatic heterocycles. The number of alkyl halides is 3. The molecule has 0 amide bonds. The fraction of sp³-hybridized carbons (Fsp3) is 0.423. The molecule has 0 aliphatic heterocycles. The van der Waals surface area contributed by atoms with Gasteiger partial charge in [0.2, 0.25) is 11.8 Å². The van der Waals surface area contributed by atoms with Gasteiger partial charge < -0.3 is 14.5 Å². The van der Waals surface area contributed by atoms with E-state index in [9.17, 15) is 26.4 Å². The van der Waals surface area contributed by atoms with Gasteiger partial charge in [-0.05, 0) is 72.9 Å². The fourth-order valence-electron chi connectivity index (χ4n) is 4.09. The molecule has 8 nitrogen and oxygen atoms in total. The van der Waals surface area contributed by atoms with Gasteiger partial charge in [-0.15, -0.1) is 10.2 Å². The smallest absolute Gasteiger partial charge is 0.417 e. The maximum Gasteiger partial charge on any atom is 0.417 e. The summed E-state index contributed by atoms with van der Waals surface area (Å²) < 4.78 is 70.3. The predicted molar refractivity (Wildman–Crippen MR) is 143 cm³/mol. The van der Waals surface area contributed by atoms with Crippen molar-refractivity contribution < 1.29 is 30.8 Å². The number of anilines is 1. The second kappa shape index (κ2) is 10.7. The van der Waals surface area contributed by atoms with E-state index in [1.165, 1.54) is 30.3 Å². The molecule has 2 aromatic carbocycles. The highest BCUT2D eigenvalue weighted by Crippen LogP contribution is 2.45. The Morgan fingerprint density at radius 1 is 1.13 bits per heavy atom. The zero-order chi connectivity index (χ0) is 29.4. The number of aromatic nitrogens is 2. The first-order valence-corrected chi connectivity index (χ1v) is 16.9. The summed E-state index contributed by atoms with van der Waals surface area (Å²) >= 11 is 0. The second-order valence-corrected chi connectivity index (χ2v) is 17.3. The molecular formula is C26H31F3N4O4SSi. The Balaban J connectivity index is 2.03. The van der Waals surface area contributed by atoms with Gasteiger partial charge in [0.05, 0.1) is 22.1 Å². The molecule has 2 N–H and O–H groups in total. The minimum Gasteiger partial charge on any atom is -0.432 e. The largest absolute Gasteiger partial charge is 0.432 e. The van der Waals surface area contributed by atoms with Crippen LogP contribution in [0.3, 0.4) is 0 Å². The van der Waals surface area contributed by atoms with E-state index < -0.39 is 46.5 Å². The van der Waals surface area contributed by atoms with Crippen LogP contribution in [0.4, 0.5) is 18.9 Å². The number of nitrogens with zero attached hydrogens (tertiary/aromatic N) is 3. The van der Waals surface area contributed by atoms with Gasteiger partial charge >= 0.3 is 6.18 Å². The highest BCUT2D eigenvalue weighted by Gasteiger charge is 2.41. The van der Waals surface area contributed by atoms with Crippen molar-refractivity contribution in [3.63, 3.8) is 0 Å². The van der Waals surface area contributed by atoms with Crippen LogP contribution in [0.25, 0.3) is 11.5 Å². The lowest BCUT2D eigenvalue weighted by atomic mass is 9.90. The van der Waals surface area contributed by atoms with E-state index in [-0.39, 0.29) is 28.3 Å². The van der Waals surface area contributed by atoms with Crippen LogP contribution in [0.1, 0.15) is 50.3 Å². The molecule has 3 rings (SSSR count).